The number of anilines is 1. The van der Waals surface area contributed by atoms with Crippen molar-refractivity contribution in [2.24, 2.45) is 5.92 Å². The molecule has 3 rings (SSSR count). The van der Waals surface area contributed by atoms with Crippen molar-refractivity contribution < 1.29 is 9.59 Å². The molecule has 34 heavy (non-hydrogen) atoms. The molecule has 12 heteroatoms. The van der Waals surface area contributed by atoms with Gasteiger partial charge in [0, 0.05) is 16.9 Å². The van der Waals surface area contributed by atoms with Crippen molar-refractivity contribution >= 4 is 63.2 Å². The summed E-state index contributed by atoms with van der Waals surface area (Å²) in [6.07, 6.45) is 0.656. The Hall–Kier alpha value is -2.14. The van der Waals surface area contributed by atoms with Crippen LogP contribution in [-0.2, 0) is 11.3 Å². The van der Waals surface area contributed by atoms with Crippen molar-refractivity contribution in [3.05, 3.63) is 50.7 Å². The Labute approximate surface area is 216 Å². The minimum atomic E-state index is -0.381. The van der Waals surface area contributed by atoms with Crippen LogP contribution in [0.5, 0.6) is 0 Å². The van der Waals surface area contributed by atoms with E-state index in [0.29, 0.717) is 39.7 Å². The zero-order valence-electron chi connectivity index (χ0n) is 19.3. The first-order valence-electron chi connectivity index (χ1n) is 10.7. The van der Waals surface area contributed by atoms with Gasteiger partial charge in [-0.15, -0.1) is 21.5 Å². The van der Waals surface area contributed by atoms with E-state index in [2.05, 4.69) is 39.7 Å². The lowest BCUT2D eigenvalue weighted by molar-refractivity contribution is -0.113. The Kier molecular flexibility index (Phi) is 9.35. The molecule has 8 nitrogen and oxygen atoms in total. The fourth-order valence-corrected chi connectivity index (χ4v) is 5.28. The molecule has 0 radical (unpaired) electrons. The number of thioether (sulfide) groups is 1. The Morgan fingerprint density at radius 3 is 2.62 bits per heavy atom. The summed E-state index contributed by atoms with van der Waals surface area (Å²) in [4.78, 5) is 29.6. The summed E-state index contributed by atoms with van der Waals surface area (Å²) in [7, 11) is 0. The molecule has 2 heterocycles. The van der Waals surface area contributed by atoms with Gasteiger partial charge in [0.25, 0.3) is 5.91 Å². The summed E-state index contributed by atoms with van der Waals surface area (Å²) >= 11 is 14.9. The molecule has 0 bridgehead atoms. The topological polar surface area (TPSA) is 102 Å². The van der Waals surface area contributed by atoms with E-state index in [1.54, 1.807) is 12.1 Å². The molecule has 3 aromatic rings. The van der Waals surface area contributed by atoms with Gasteiger partial charge in [0.05, 0.1) is 28.1 Å². The van der Waals surface area contributed by atoms with Crippen LogP contribution >= 0.6 is 46.3 Å². The van der Waals surface area contributed by atoms with Crippen LogP contribution in [0.3, 0.4) is 0 Å². The normalized spacial score (nSPS) is 12.1. The highest BCUT2D eigenvalue weighted by atomic mass is 35.5. The number of halogens is 2. The van der Waals surface area contributed by atoms with Crippen LogP contribution in [-0.4, -0.2) is 37.3 Å². The number of carbonyl (C=O) groups excluding carboxylic acids is 2. The first-order chi connectivity index (χ1) is 16.2. The van der Waals surface area contributed by atoms with Gasteiger partial charge >= 0.3 is 0 Å². The number of nitrogens with zero attached hydrogens (tertiary/aromatic N) is 4. The summed E-state index contributed by atoms with van der Waals surface area (Å²) in [5.41, 5.74) is 1.20. The van der Waals surface area contributed by atoms with E-state index in [-0.39, 0.29) is 34.5 Å². The van der Waals surface area contributed by atoms with Gasteiger partial charge in [-0.3, -0.25) is 9.59 Å². The number of rotatable bonds is 10. The molecule has 0 unspecified atom stereocenters. The maximum absolute atomic E-state index is 13.0. The first kappa shape index (κ1) is 26.5. The minimum absolute atomic E-state index is 0.165. The molecular weight excluding hydrogens is 515 g/mol. The summed E-state index contributed by atoms with van der Waals surface area (Å²) in [5, 5.41) is 18.3. The average Bonchev–Trinajstić information content (AvgIpc) is 3.36. The van der Waals surface area contributed by atoms with E-state index in [0.717, 1.165) is 5.69 Å². The minimum Gasteiger partial charge on any atom is -0.342 e. The zero-order valence-corrected chi connectivity index (χ0v) is 22.4. The molecular formula is C22H26Cl2N6O2S2. The molecule has 182 valence electrons. The Morgan fingerprint density at radius 1 is 1.24 bits per heavy atom. The molecule has 1 atom stereocenters. The standard InChI is InChI=1S/C22H26Cl2N6O2S2/c1-5-30-19(28-29-22(30)34-11-18(31)27-21-25-13(4)10-33-21)17(8-12(2)3)26-20(32)15-7-6-14(23)9-16(15)24/h6-7,9-10,12,17H,5,8,11H2,1-4H3,(H,26,32)(H,25,27,31)/t17-/m1/s1. The van der Waals surface area contributed by atoms with Gasteiger partial charge in [0.2, 0.25) is 5.91 Å². The van der Waals surface area contributed by atoms with E-state index in [4.69, 9.17) is 23.2 Å². The summed E-state index contributed by atoms with van der Waals surface area (Å²) in [6.45, 7) is 8.58. The summed E-state index contributed by atoms with van der Waals surface area (Å²) < 4.78 is 1.92. The predicted octanol–water partition coefficient (Wildman–Crippen LogP) is 5.62. The smallest absolute Gasteiger partial charge is 0.253 e. The van der Waals surface area contributed by atoms with Crippen LogP contribution in [0.2, 0.25) is 10.0 Å². The van der Waals surface area contributed by atoms with E-state index in [9.17, 15) is 9.59 Å². The third-order valence-corrected chi connectivity index (χ3v) is 7.15. The zero-order chi connectivity index (χ0) is 24.8. The third-order valence-electron chi connectivity index (χ3n) is 4.76. The highest BCUT2D eigenvalue weighted by molar-refractivity contribution is 7.99. The maximum atomic E-state index is 13.0. The largest absolute Gasteiger partial charge is 0.342 e. The number of amides is 2. The van der Waals surface area contributed by atoms with Crippen LogP contribution in [0.4, 0.5) is 5.13 Å². The lowest BCUT2D eigenvalue weighted by atomic mass is 10.0. The van der Waals surface area contributed by atoms with Crippen LogP contribution in [0.15, 0.2) is 28.7 Å². The van der Waals surface area contributed by atoms with Crippen molar-refractivity contribution in [2.75, 3.05) is 11.1 Å². The van der Waals surface area contributed by atoms with Gasteiger partial charge in [0.1, 0.15) is 0 Å². The van der Waals surface area contributed by atoms with E-state index in [1.165, 1.54) is 29.2 Å². The second-order valence-corrected chi connectivity index (χ2v) is 10.6. The van der Waals surface area contributed by atoms with E-state index in [1.807, 2.05) is 23.8 Å². The molecule has 2 aromatic heterocycles. The van der Waals surface area contributed by atoms with E-state index >= 15 is 0 Å². The molecule has 2 amide bonds. The first-order valence-corrected chi connectivity index (χ1v) is 13.3. The number of aromatic nitrogens is 4. The second kappa shape index (κ2) is 12.0. The van der Waals surface area contributed by atoms with Crippen LogP contribution < -0.4 is 10.6 Å². The highest BCUT2D eigenvalue weighted by Crippen LogP contribution is 2.27. The van der Waals surface area contributed by atoms with Crippen LogP contribution in [0.25, 0.3) is 0 Å². The fourth-order valence-electron chi connectivity index (χ4n) is 3.27. The van der Waals surface area contributed by atoms with Crippen molar-refractivity contribution in [1.29, 1.82) is 0 Å². The van der Waals surface area contributed by atoms with Gasteiger partial charge in [0.15, 0.2) is 16.1 Å². The third kappa shape index (κ3) is 6.94. The number of benzene rings is 1. The molecule has 2 N–H and O–H groups in total. The van der Waals surface area contributed by atoms with Crippen molar-refractivity contribution in [3.63, 3.8) is 0 Å². The molecule has 0 saturated carbocycles. The molecule has 0 aliphatic heterocycles. The van der Waals surface area contributed by atoms with Gasteiger partial charge in [-0.25, -0.2) is 4.98 Å². The summed E-state index contributed by atoms with van der Waals surface area (Å²) in [5.74, 6) is 0.601. The SMILES string of the molecule is CCn1c(SCC(=O)Nc2nc(C)cs2)nnc1[C@@H](CC(C)C)NC(=O)c1ccc(Cl)cc1Cl. The average molecular weight is 542 g/mol. The molecule has 0 fully saturated rings. The highest BCUT2D eigenvalue weighted by Gasteiger charge is 2.25. The van der Waals surface area contributed by atoms with Gasteiger partial charge in [-0.1, -0.05) is 48.8 Å². The van der Waals surface area contributed by atoms with E-state index < -0.39 is 0 Å². The lowest BCUT2D eigenvalue weighted by Gasteiger charge is -2.21. The number of aryl methyl sites for hydroxylation is 1. The Balaban J connectivity index is 1.75. The molecule has 0 spiro atoms. The number of carbonyl (C=O) groups is 2. The lowest BCUT2D eigenvalue weighted by Crippen LogP contribution is -2.31. The monoisotopic (exact) mass is 540 g/mol. The molecule has 1 aromatic carbocycles. The number of thiazole rings is 1. The van der Waals surface area contributed by atoms with Gasteiger partial charge in [-0.05, 0) is 44.4 Å². The molecule has 0 aliphatic carbocycles. The molecule has 0 aliphatic rings. The number of hydrogen-bond acceptors (Lipinski definition) is 7. The summed E-state index contributed by atoms with van der Waals surface area (Å²) in [6, 6.07) is 4.38. The quantitative estimate of drug-likeness (QED) is 0.323. The van der Waals surface area contributed by atoms with Crippen molar-refractivity contribution in [1.82, 2.24) is 25.1 Å². The van der Waals surface area contributed by atoms with Crippen LogP contribution in [0, 0.1) is 12.8 Å². The van der Waals surface area contributed by atoms with Crippen molar-refractivity contribution in [3.8, 4) is 0 Å². The Bertz CT molecular complexity index is 1160. The van der Waals surface area contributed by atoms with Gasteiger partial charge < -0.3 is 15.2 Å². The molecule has 0 saturated heterocycles. The second-order valence-electron chi connectivity index (χ2n) is 8.00. The fraction of sp³-hybridized carbons (Fsp3) is 0.409. The maximum Gasteiger partial charge on any atom is 0.253 e. The number of nitrogens with one attached hydrogen (secondary N) is 2. The predicted molar refractivity (Wildman–Crippen MR) is 138 cm³/mol. The number of hydrogen-bond donors (Lipinski definition) is 2. The van der Waals surface area contributed by atoms with Gasteiger partial charge in [-0.2, -0.15) is 0 Å². The Morgan fingerprint density at radius 2 is 2.00 bits per heavy atom. The van der Waals surface area contributed by atoms with Crippen molar-refractivity contribution in [2.45, 2.75) is 51.9 Å². The van der Waals surface area contributed by atoms with Crippen LogP contribution in [0.1, 0.15) is 55.1 Å².